The third-order valence-corrected chi connectivity index (χ3v) is 3.25. The van der Waals surface area contributed by atoms with Gasteiger partial charge in [-0.1, -0.05) is 11.8 Å². The summed E-state index contributed by atoms with van der Waals surface area (Å²) < 4.78 is 5.34. The molecule has 1 amide bonds. The van der Waals surface area contributed by atoms with Gasteiger partial charge >= 0.3 is 0 Å². The Labute approximate surface area is 121 Å². The van der Waals surface area contributed by atoms with Gasteiger partial charge in [-0.05, 0) is 31.2 Å². The summed E-state index contributed by atoms with van der Waals surface area (Å²) in [5.74, 6) is 0.488. The zero-order chi connectivity index (χ0) is 14.4. The van der Waals surface area contributed by atoms with Crippen molar-refractivity contribution in [2.45, 2.75) is 23.8 Å². The molecule has 2 rings (SSSR count). The van der Waals surface area contributed by atoms with Crippen LogP contribution in [0.3, 0.4) is 0 Å². The van der Waals surface area contributed by atoms with E-state index in [4.69, 9.17) is 4.74 Å². The number of hydrogen-bond donors (Lipinski definition) is 1. The summed E-state index contributed by atoms with van der Waals surface area (Å²) in [6.07, 6.45) is 1.49. The number of amides is 1. The molecule has 0 spiro atoms. The summed E-state index contributed by atoms with van der Waals surface area (Å²) >= 11 is 1.51. The summed E-state index contributed by atoms with van der Waals surface area (Å²) in [6, 6.07) is 9.37. The van der Waals surface area contributed by atoms with E-state index in [1.54, 1.807) is 6.07 Å². The first-order valence-electron chi connectivity index (χ1n) is 6.17. The minimum atomic E-state index is -0.0810. The van der Waals surface area contributed by atoms with E-state index in [0.717, 1.165) is 15.6 Å². The lowest BCUT2D eigenvalue weighted by Crippen LogP contribution is -2.05. The molecule has 0 fully saturated rings. The van der Waals surface area contributed by atoms with Crippen molar-refractivity contribution < 1.29 is 9.53 Å². The first-order chi connectivity index (χ1) is 9.67. The van der Waals surface area contributed by atoms with Crippen molar-refractivity contribution in [3.63, 3.8) is 0 Å². The van der Waals surface area contributed by atoms with Crippen LogP contribution in [0.2, 0.25) is 0 Å². The molecule has 0 unspecified atom stereocenters. The Hall–Kier alpha value is -2.08. The summed E-state index contributed by atoms with van der Waals surface area (Å²) in [6.45, 7) is 3.97. The van der Waals surface area contributed by atoms with Gasteiger partial charge in [-0.2, -0.15) is 0 Å². The molecule has 0 aliphatic heterocycles. The van der Waals surface area contributed by atoms with Crippen molar-refractivity contribution in [3.8, 4) is 5.88 Å². The van der Waals surface area contributed by atoms with Crippen LogP contribution in [-0.2, 0) is 4.79 Å². The number of anilines is 1. The van der Waals surface area contributed by atoms with E-state index in [-0.39, 0.29) is 5.91 Å². The second-order valence-electron chi connectivity index (χ2n) is 3.94. The van der Waals surface area contributed by atoms with E-state index in [1.807, 2.05) is 31.2 Å². The second-order valence-corrected chi connectivity index (χ2v) is 5.03. The molecule has 5 nitrogen and oxygen atoms in total. The Morgan fingerprint density at radius 3 is 2.70 bits per heavy atom. The molecule has 1 aromatic carbocycles. The lowest BCUT2D eigenvalue weighted by Gasteiger charge is -2.05. The minimum absolute atomic E-state index is 0.0810. The van der Waals surface area contributed by atoms with E-state index in [1.165, 1.54) is 25.0 Å². The highest BCUT2D eigenvalue weighted by atomic mass is 32.2. The summed E-state index contributed by atoms with van der Waals surface area (Å²) in [4.78, 5) is 20.2. The van der Waals surface area contributed by atoms with E-state index >= 15 is 0 Å². The maximum Gasteiger partial charge on any atom is 0.221 e. The fourth-order valence-electron chi connectivity index (χ4n) is 1.54. The average Bonchev–Trinajstić information content (AvgIpc) is 2.41. The normalized spacial score (nSPS) is 10.1. The predicted molar refractivity (Wildman–Crippen MR) is 78.1 cm³/mol. The Morgan fingerprint density at radius 2 is 2.05 bits per heavy atom. The van der Waals surface area contributed by atoms with Gasteiger partial charge in [-0.15, -0.1) is 0 Å². The highest BCUT2D eigenvalue weighted by Gasteiger charge is 2.03. The zero-order valence-electron chi connectivity index (χ0n) is 11.3. The molecule has 0 radical (unpaired) electrons. The summed E-state index contributed by atoms with van der Waals surface area (Å²) in [5.41, 5.74) is 0.777. The first kappa shape index (κ1) is 14.3. The van der Waals surface area contributed by atoms with Crippen molar-refractivity contribution in [1.82, 2.24) is 9.97 Å². The average molecular weight is 289 g/mol. The second kappa shape index (κ2) is 6.91. The third-order valence-electron chi connectivity index (χ3n) is 2.31. The van der Waals surface area contributed by atoms with Crippen LogP contribution in [0.4, 0.5) is 5.69 Å². The number of nitrogens with zero attached hydrogens (tertiary/aromatic N) is 2. The topological polar surface area (TPSA) is 64.1 Å². The Bertz CT molecular complexity index is 587. The molecule has 104 valence electrons. The van der Waals surface area contributed by atoms with Crippen molar-refractivity contribution in [2.75, 3.05) is 11.9 Å². The van der Waals surface area contributed by atoms with Crippen LogP contribution in [0.1, 0.15) is 13.8 Å². The van der Waals surface area contributed by atoms with Gasteiger partial charge in [-0.25, -0.2) is 9.97 Å². The number of carbonyl (C=O) groups is 1. The maximum atomic E-state index is 10.9. The number of ether oxygens (including phenoxy) is 1. The molecule has 0 aliphatic carbocycles. The monoisotopic (exact) mass is 289 g/mol. The Balaban J connectivity index is 2.05. The van der Waals surface area contributed by atoms with Gasteiger partial charge in [0.15, 0.2) is 0 Å². The van der Waals surface area contributed by atoms with Crippen LogP contribution in [0.5, 0.6) is 5.88 Å². The summed E-state index contributed by atoms with van der Waals surface area (Å²) in [5, 5.41) is 3.54. The molecule has 1 heterocycles. The fourth-order valence-corrected chi connectivity index (χ4v) is 2.31. The number of rotatable bonds is 5. The van der Waals surface area contributed by atoms with Gasteiger partial charge < -0.3 is 10.1 Å². The largest absolute Gasteiger partial charge is 0.478 e. The molecule has 2 aromatic rings. The quantitative estimate of drug-likeness (QED) is 0.857. The number of carbonyl (C=O) groups excluding carboxylic acids is 1. The lowest BCUT2D eigenvalue weighted by atomic mass is 10.3. The molecule has 0 aliphatic rings. The molecular formula is C14H15N3O2S. The van der Waals surface area contributed by atoms with Gasteiger partial charge in [0.05, 0.1) is 6.61 Å². The van der Waals surface area contributed by atoms with Gasteiger partial charge in [-0.3, -0.25) is 4.79 Å². The van der Waals surface area contributed by atoms with Crippen LogP contribution in [0.25, 0.3) is 0 Å². The summed E-state index contributed by atoms with van der Waals surface area (Å²) in [7, 11) is 0. The van der Waals surface area contributed by atoms with Gasteiger partial charge in [0, 0.05) is 23.6 Å². The molecule has 0 atom stereocenters. The fraction of sp³-hybridized carbons (Fsp3) is 0.214. The van der Waals surface area contributed by atoms with E-state index in [9.17, 15) is 4.79 Å². The third kappa shape index (κ3) is 4.24. The van der Waals surface area contributed by atoms with Gasteiger partial charge in [0.2, 0.25) is 11.8 Å². The lowest BCUT2D eigenvalue weighted by molar-refractivity contribution is -0.114. The van der Waals surface area contributed by atoms with Crippen LogP contribution in [0.15, 0.2) is 46.6 Å². The van der Waals surface area contributed by atoms with Crippen LogP contribution >= 0.6 is 11.8 Å². The number of hydrogen-bond acceptors (Lipinski definition) is 5. The van der Waals surface area contributed by atoms with Crippen LogP contribution in [-0.4, -0.2) is 22.5 Å². The van der Waals surface area contributed by atoms with Crippen molar-refractivity contribution in [1.29, 1.82) is 0 Å². The van der Waals surface area contributed by atoms with Crippen molar-refractivity contribution >= 4 is 23.4 Å². The van der Waals surface area contributed by atoms with Crippen molar-refractivity contribution in [2.24, 2.45) is 0 Å². The first-order valence-corrected chi connectivity index (χ1v) is 6.99. The van der Waals surface area contributed by atoms with Crippen molar-refractivity contribution in [3.05, 3.63) is 36.7 Å². The highest BCUT2D eigenvalue weighted by molar-refractivity contribution is 7.99. The number of aromatic nitrogens is 2. The molecule has 6 heteroatoms. The maximum absolute atomic E-state index is 10.9. The predicted octanol–water partition coefficient (Wildman–Crippen LogP) is 2.98. The smallest absolute Gasteiger partial charge is 0.221 e. The van der Waals surface area contributed by atoms with E-state index in [2.05, 4.69) is 15.3 Å². The van der Waals surface area contributed by atoms with Crippen LogP contribution < -0.4 is 10.1 Å². The van der Waals surface area contributed by atoms with E-state index < -0.39 is 0 Å². The minimum Gasteiger partial charge on any atom is -0.478 e. The number of nitrogens with one attached hydrogen (secondary N) is 1. The van der Waals surface area contributed by atoms with Crippen LogP contribution in [0, 0.1) is 0 Å². The van der Waals surface area contributed by atoms with E-state index in [0.29, 0.717) is 12.5 Å². The zero-order valence-corrected chi connectivity index (χ0v) is 12.1. The molecule has 0 saturated carbocycles. The Morgan fingerprint density at radius 1 is 1.30 bits per heavy atom. The molecule has 1 aromatic heterocycles. The van der Waals surface area contributed by atoms with Gasteiger partial charge in [0.25, 0.3) is 0 Å². The molecule has 0 saturated heterocycles. The van der Waals surface area contributed by atoms with Gasteiger partial charge in [0.1, 0.15) is 11.4 Å². The SMILES string of the molecule is CCOc1cc(Sc2ccc(NC(C)=O)cc2)ncn1. The Kier molecular flexibility index (Phi) is 4.95. The molecule has 20 heavy (non-hydrogen) atoms. The molecule has 0 bridgehead atoms. The number of benzene rings is 1. The standard InChI is InChI=1S/C14H15N3O2S/c1-3-19-13-8-14(16-9-15-13)20-12-6-4-11(5-7-12)17-10(2)18/h4-9H,3H2,1-2H3,(H,17,18). The molecular weight excluding hydrogens is 274 g/mol. The molecule has 1 N–H and O–H groups in total. The highest BCUT2D eigenvalue weighted by Crippen LogP contribution is 2.28.